The van der Waals surface area contributed by atoms with E-state index in [4.69, 9.17) is 0 Å². The number of fused-ring (bicyclic) bond motifs is 1. The van der Waals surface area contributed by atoms with E-state index in [1.54, 1.807) is 0 Å². The van der Waals surface area contributed by atoms with Gasteiger partial charge in [0.15, 0.2) is 0 Å². The predicted octanol–water partition coefficient (Wildman–Crippen LogP) is 2.46. The zero-order chi connectivity index (χ0) is 13.7. The normalized spacial score (nSPS) is 25.3. The van der Waals surface area contributed by atoms with Crippen LogP contribution >= 0.6 is 0 Å². The third kappa shape index (κ3) is 1.72. The summed E-state index contributed by atoms with van der Waals surface area (Å²) < 4.78 is 0. The van der Waals surface area contributed by atoms with Gasteiger partial charge in [-0.2, -0.15) is 0 Å². The molecule has 0 aromatic heterocycles. The molecule has 2 atom stereocenters. The van der Waals surface area contributed by atoms with Gasteiger partial charge < -0.3 is 0 Å². The van der Waals surface area contributed by atoms with Gasteiger partial charge in [-0.15, -0.1) is 0 Å². The number of aryl methyl sites for hydroxylation is 2. The summed E-state index contributed by atoms with van der Waals surface area (Å²) in [4.78, 5) is 25.2. The molecule has 98 valence electrons. The summed E-state index contributed by atoms with van der Waals surface area (Å²) in [6, 6.07) is 4.18. The summed E-state index contributed by atoms with van der Waals surface area (Å²) in [5.41, 5.74) is 4.89. The average Bonchev–Trinajstić information content (AvgIpc) is 2.81. The number of benzene rings is 1. The maximum Gasteiger partial charge on any atom is 0.254 e. The van der Waals surface area contributed by atoms with Crippen molar-refractivity contribution in [3.05, 3.63) is 46.5 Å². The lowest BCUT2D eigenvalue weighted by atomic mass is 9.98. The van der Waals surface area contributed by atoms with Crippen molar-refractivity contribution < 1.29 is 9.59 Å². The van der Waals surface area contributed by atoms with Gasteiger partial charge in [-0.25, -0.2) is 0 Å². The quantitative estimate of drug-likeness (QED) is 0.723. The maximum atomic E-state index is 11.9. The molecule has 3 heteroatoms. The zero-order valence-electron chi connectivity index (χ0n) is 11.4. The Morgan fingerprint density at radius 1 is 1.11 bits per heavy atom. The van der Waals surface area contributed by atoms with Crippen molar-refractivity contribution in [1.29, 1.82) is 0 Å². The fraction of sp³-hybridized carbons (Fsp3) is 0.375. The van der Waals surface area contributed by atoms with E-state index in [9.17, 15) is 9.59 Å². The maximum absolute atomic E-state index is 11.9. The predicted molar refractivity (Wildman–Crippen MR) is 72.5 cm³/mol. The molecule has 0 saturated heterocycles. The first-order chi connectivity index (χ1) is 8.99. The van der Waals surface area contributed by atoms with Crippen LogP contribution in [0.15, 0.2) is 24.3 Å². The molecule has 1 heterocycles. The fourth-order valence-electron chi connectivity index (χ4n) is 3.39. The Morgan fingerprint density at radius 2 is 1.74 bits per heavy atom. The van der Waals surface area contributed by atoms with Gasteiger partial charge in [-0.3, -0.25) is 14.5 Å². The second-order valence-corrected chi connectivity index (χ2v) is 5.66. The molecular weight excluding hydrogens is 238 g/mol. The lowest BCUT2D eigenvalue weighted by molar-refractivity contribution is -0.140. The molecule has 0 bridgehead atoms. The van der Waals surface area contributed by atoms with E-state index in [0.717, 1.165) is 12.0 Å². The van der Waals surface area contributed by atoms with Gasteiger partial charge in [-0.05, 0) is 42.9 Å². The van der Waals surface area contributed by atoms with Crippen LogP contribution in [0.1, 0.15) is 35.2 Å². The first-order valence-corrected chi connectivity index (χ1v) is 6.64. The molecule has 1 aliphatic heterocycles. The van der Waals surface area contributed by atoms with E-state index in [-0.39, 0.29) is 23.8 Å². The van der Waals surface area contributed by atoms with Gasteiger partial charge in [-0.1, -0.05) is 24.6 Å². The number of carbonyl (C=O) groups excluding carboxylic acids is 2. The molecule has 3 nitrogen and oxygen atoms in total. The van der Waals surface area contributed by atoms with Crippen molar-refractivity contribution in [3.63, 3.8) is 0 Å². The SMILES string of the molecule is Cc1cc(C)c2c(c1)[C@@H](N1C(=O)C=CC1=O)[C@@H](C)C2. The largest absolute Gasteiger partial charge is 0.269 e. The molecule has 19 heavy (non-hydrogen) atoms. The Kier molecular flexibility index (Phi) is 2.59. The van der Waals surface area contributed by atoms with E-state index in [1.807, 2.05) is 0 Å². The lowest BCUT2D eigenvalue weighted by Crippen LogP contribution is -2.36. The number of rotatable bonds is 1. The van der Waals surface area contributed by atoms with Crippen molar-refractivity contribution in [2.75, 3.05) is 0 Å². The minimum Gasteiger partial charge on any atom is -0.269 e. The van der Waals surface area contributed by atoms with Gasteiger partial charge in [0.25, 0.3) is 11.8 Å². The fourth-order valence-corrected chi connectivity index (χ4v) is 3.39. The highest BCUT2D eigenvalue weighted by molar-refractivity contribution is 6.13. The lowest BCUT2D eigenvalue weighted by Gasteiger charge is -2.27. The number of hydrogen-bond acceptors (Lipinski definition) is 2. The van der Waals surface area contributed by atoms with Crippen molar-refractivity contribution in [1.82, 2.24) is 4.90 Å². The summed E-state index contributed by atoms with van der Waals surface area (Å²) in [6.45, 7) is 6.27. The van der Waals surface area contributed by atoms with Crippen LogP contribution in [-0.2, 0) is 16.0 Å². The molecule has 2 amide bonds. The van der Waals surface area contributed by atoms with Crippen LogP contribution in [0.25, 0.3) is 0 Å². The molecule has 0 spiro atoms. The summed E-state index contributed by atoms with van der Waals surface area (Å²) >= 11 is 0. The third-order valence-corrected chi connectivity index (χ3v) is 4.16. The van der Waals surface area contributed by atoms with Crippen molar-refractivity contribution in [2.24, 2.45) is 5.92 Å². The molecule has 1 aliphatic carbocycles. The standard InChI is InChI=1S/C16H17NO2/c1-9-6-10(2)12-8-11(3)16(13(12)7-9)17-14(18)4-5-15(17)19/h4-7,11,16H,8H2,1-3H3/t11-,16-/m0/s1. The minimum atomic E-state index is -0.186. The molecule has 0 fully saturated rings. The third-order valence-electron chi connectivity index (χ3n) is 4.16. The van der Waals surface area contributed by atoms with Crippen LogP contribution < -0.4 is 0 Å². The van der Waals surface area contributed by atoms with Crippen molar-refractivity contribution in [3.8, 4) is 0 Å². The number of amides is 2. The molecule has 2 aliphatic rings. The summed E-state index contributed by atoms with van der Waals surface area (Å²) in [5.74, 6) is -0.0916. The summed E-state index contributed by atoms with van der Waals surface area (Å²) in [7, 11) is 0. The number of imide groups is 1. The number of nitrogens with zero attached hydrogens (tertiary/aromatic N) is 1. The van der Waals surface area contributed by atoms with E-state index >= 15 is 0 Å². The Hall–Kier alpha value is -1.90. The molecular formula is C16H17NO2. The second kappa shape index (κ2) is 4.05. The topological polar surface area (TPSA) is 37.4 Å². The zero-order valence-corrected chi connectivity index (χ0v) is 11.4. The highest BCUT2D eigenvalue weighted by atomic mass is 16.2. The molecule has 0 saturated carbocycles. The van der Waals surface area contributed by atoms with Crippen molar-refractivity contribution in [2.45, 2.75) is 33.2 Å². The molecule has 0 N–H and O–H groups in total. The molecule has 1 aromatic carbocycles. The Bertz CT molecular complexity index is 597. The summed E-state index contributed by atoms with van der Waals surface area (Å²) in [6.07, 6.45) is 3.68. The van der Waals surface area contributed by atoms with Gasteiger partial charge in [0.05, 0.1) is 6.04 Å². The van der Waals surface area contributed by atoms with Crippen LogP contribution in [0, 0.1) is 19.8 Å². The Labute approximate surface area is 112 Å². The van der Waals surface area contributed by atoms with Gasteiger partial charge >= 0.3 is 0 Å². The highest BCUT2D eigenvalue weighted by Gasteiger charge is 2.40. The van der Waals surface area contributed by atoms with E-state index in [1.165, 1.54) is 33.7 Å². The molecule has 0 radical (unpaired) electrons. The van der Waals surface area contributed by atoms with E-state index in [2.05, 4.69) is 32.9 Å². The van der Waals surface area contributed by atoms with E-state index in [0.29, 0.717) is 0 Å². The Morgan fingerprint density at radius 3 is 2.37 bits per heavy atom. The van der Waals surface area contributed by atoms with Crippen LogP contribution in [0.3, 0.4) is 0 Å². The van der Waals surface area contributed by atoms with Crippen LogP contribution in [0.4, 0.5) is 0 Å². The first-order valence-electron chi connectivity index (χ1n) is 6.64. The van der Waals surface area contributed by atoms with Gasteiger partial charge in [0.2, 0.25) is 0 Å². The van der Waals surface area contributed by atoms with Gasteiger partial charge in [0.1, 0.15) is 0 Å². The Balaban J connectivity index is 2.11. The molecule has 1 aromatic rings. The molecule has 0 unspecified atom stereocenters. The number of carbonyl (C=O) groups is 2. The van der Waals surface area contributed by atoms with Crippen LogP contribution in [-0.4, -0.2) is 16.7 Å². The van der Waals surface area contributed by atoms with E-state index < -0.39 is 0 Å². The average molecular weight is 255 g/mol. The summed E-state index contributed by atoms with van der Waals surface area (Å²) in [5, 5.41) is 0. The number of hydrogen-bond donors (Lipinski definition) is 0. The van der Waals surface area contributed by atoms with Crippen LogP contribution in [0.5, 0.6) is 0 Å². The van der Waals surface area contributed by atoms with Crippen molar-refractivity contribution >= 4 is 11.8 Å². The first kappa shape index (κ1) is 12.2. The second-order valence-electron chi connectivity index (χ2n) is 5.66. The minimum absolute atomic E-state index is 0.108. The molecule has 3 rings (SSSR count). The highest BCUT2D eigenvalue weighted by Crippen LogP contribution is 2.43. The monoisotopic (exact) mass is 255 g/mol. The van der Waals surface area contributed by atoms with Gasteiger partial charge in [0, 0.05) is 12.2 Å². The van der Waals surface area contributed by atoms with Crippen LogP contribution in [0.2, 0.25) is 0 Å². The smallest absolute Gasteiger partial charge is 0.254 e.